The monoisotopic (exact) mass is 290 g/mol. The molecule has 1 N–H and O–H groups in total. The van der Waals surface area contributed by atoms with Gasteiger partial charge in [0, 0.05) is 17.5 Å². The summed E-state index contributed by atoms with van der Waals surface area (Å²) < 4.78 is 5.30. The Bertz CT molecular complexity index is 732. The molecule has 7 nitrogen and oxygen atoms in total. The first-order chi connectivity index (χ1) is 9.51. The van der Waals surface area contributed by atoms with Gasteiger partial charge in [-0.05, 0) is 12.1 Å². The summed E-state index contributed by atoms with van der Waals surface area (Å²) in [6.07, 6.45) is 0. The second-order valence-corrected chi connectivity index (χ2v) is 4.52. The Balaban J connectivity index is 2.35. The molecule has 0 aliphatic rings. The van der Waals surface area contributed by atoms with Crippen molar-refractivity contribution >= 4 is 23.0 Å². The summed E-state index contributed by atoms with van der Waals surface area (Å²) in [6, 6.07) is 6.85. The van der Waals surface area contributed by atoms with E-state index >= 15 is 0 Å². The number of benzene rings is 1. The lowest BCUT2D eigenvalue weighted by Gasteiger charge is -2.04. The van der Waals surface area contributed by atoms with Crippen LogP contribution in [0.5, 0.6) is 11.5 Å². The number of carbonyl (C=O) groups is 1. The average Bonchev–Trinajstić information content (AvgIpc) is 2.87. The van der Waals surface area contributed by atoms with E-state index in [1.165, 1.54) is 23.6 Å². The number of aromatic carboxylic acids is 1. The highest BCUT2D eigenvalue weighted by Gasteiger charge is 2.18. The van der Waals surface area contributed by atoms with E-state index in [0.29, 0.717) is 0 Å². The molecular weight excluding hydrogens is 284 g/mol. The van der Waals surface area contributed by atoms with Crippen LogP contribution in [0.15, 0.2) is 29.6 Å². The lowest BCUT2D eigenvalue weighted by Crippen LogP contribution is -1.94. The zero-order valence-electron chi connectivity index (χ0n) is 9.77. The Labute approximate surface area is 116 Å². The fraction of sp³-hybridized carbons (Fsp3) is 0. The average molecular weight is 290 g/mol. The SMILES string of the molecule is N#Cc1ccc(Oc2csc(C(=O)O)c2)c([N+](=O)[O-])c1. The van der Waals surface area contributed by atoms with Crippen molar-refractivity contribution in [1.29, 1.82) is 5.26 Å². The fourth-order valence-corrected chi connectivity index (χ4v) is 2.07. The summed E-state index contributed by atoms with van der Waals surface area (Å²) in [5.41, 5.74) is -0.215. The fourth-order valence-electron chi connectivity index (χ4n) is 1.43. The number of nitriles is 1. The van der Waals surface area contributed by atoms with Crippen molar-refractivity contribution in [2.75, 3.05) is 0 Å². The molecule has 0 aliphatic carbocycles. The van der Waals surface area contributed by atoms with E-state index in [9.17, 15) is 14.9 Å². The largest absolute Gasteiger partial charge is 0.477 e. The van der Waals surface area contributed by atoms with E-state index in [0.717, 1.165) is 17.4 Å². The van der Waals surface area contributed by atoms with Gasteiger partial charge in [0.2, 0.25) is 5.75 Å². The normalized spacial score (nSPS) is 9.75. The molecule has 20 heavy (non-hydrogen) atoms. The highest BCUT2D eigenvalue weighted by molar-refractivity contribution is 7.12. The smallest absolute Gasteiger partial charge is 0.346 e. The van der Waals surface area contributed by atoms with E-state index in [4.69, 9.17) is 15.1 Å². The minimum absolute atomic E-state index is 0.0521. The molecule has 0 atom stereocenters. The van der Waals surface area contributed by atoms with Crippen molar-refractivity contribution in [1.82, 2.24) is 0 Å². The minimum Gasteiger partial charge on any atom is -0.477 e. The summed E-state index contributed by atoms with van der Waals surface area (Å²) in [5.74, 6) is -0.955. The molecule has 8 heteroatoms. The van der Waals surface area contributed by atoms with E-state index in [1.807, 2.05) is 0 Å². The van der Waals surface area contributed by atoms with Crippen molar-refractivity contribution in [2.24, 2.45) is 0 Å². The van der Waals surface area contributed by atoms with Crippen LogP contribution in [0.1, 0.15) is 15.2 Å². The van der Waals surface area contributed by atoms with Gasteiger partial charge in [0.1, 0.15) is 10.6 Å². The zero-order valence-corrected chi connectivity index (χ0v) is 10.6. The maximum absolute atomic E-state index is 10.9. The van der Waals surface area contributed by atoms with Gasteiger partial charge in [-0.2, -0.15) is 5.26 Å². The number of thiophene rings is 1. The van der Waals surface area contributed by atoms with Crippen LogP contribution in [0.3, 0.4) is 0 Å². The first-order valence-electron chi connectivity index (χ1n) is 5.19. The number of hydrogen-bond acceptors (Lipinski definition) is 6. The van der Waals surface area contributed by atoms with Gasteiger partial charge in [-0.3, -0.25) is 10.1 Å². The summed E-state index contributed by atoms with van der Waals surface area (Å²) in [5, 5.41) is 29.9. The van der Waals surface area contributed by atoms with Crippen LogP contribution < -0.4 is 4.74 Å². The molecule has 0 unspecified atom stereocenters. The number of nitrogens with zero attached hydrogens (tertiary/aromatic N) is 2. The van der Waals surface area contributed by atoms with Crippen molar-refractivity contribution in [3.8, 4) is 17.6 Å². The third-order valence-corrected chi connectivity index (χ3v) is 3.20. The minimum atomic E-state index is -1.10. The number of hydrogen-bond donors (Lipinski definition) is 1. The molecule has 1 aromatic carbocycles. The Morgan fingerprint density at radius 2 is 2.20 bits per heavy atom. The summed E-state index contributed by atoms with van der Waals surface area (Å²) in [6.45, 7) is 0. The Morgan fingerprint density at radius 1 is 1.45 bits per heavy atom. The summed E-state index contributed by atoms with van der Waals surface area (Å²) in [4.78, 5) is 21.1. The Kier molecular flexibility index (Phi) is 3.63. The van der Waals surface area contributed by atoms with Gasteiger partial charge < -0.3 is 9.84 Å². The third kappa shape index (κ3) is 2.73. The molecule has 0 saturated heterocycles. The van der Waals surface area contributed by atoms with Crippen molar-refractivity contribution in [3.63, 3.8) is 0 Å². The maximum atomic E-state index is 10.9. The van der Waals surface area contributed by atoms with Crippen LogP contribution in [-0.4, -0.2) is 16.0 Å². The summed E-state index contributed by atoms with van der Waals surface area (Å²) in [7, 11) is 0. The lowest BCUT2D eigenvalue weighted by atomic mass is 10.2. The molecule has 0 fully saturated rings. The molecule has 100 valence electrons. The molecule has 2 rings (SSSR count). The first-order valence-corrected chi connectivity index (χ1v) is 6.07. The van der Waals surface area contributed by atoms with Crippen LogP contribution in [0.2, 0.25) is 0 Å². The van der Waals surface area contributed by atoms with Gasteiger partial charge in [-0.15, -0.1) is 11.3 Å². The second kappa shape index (κ2) is 5.38. The molecule has 0 amide bonds. The Morgan fingerprint density at radius 3 is 2.75 bits per heavy atom. The predicted molar refractivity (Wildman–Crippen MR) is 69.2 cm³/mol. The van der Waals surface area contributed by atoms with Gasteiger partial charge in [0.05, 0.1) is 16.6 Å². The highest BCUT2D eigenvalue weighted by Crippen LogP contribution is 2.34. The number of carboxylic acid groups (broad SMARTS) is 1. The van der Waals surface area contributed by atoms with E-state index < -0.39 is 10.9 Å². The summed E-state index contributed by atoms with van der Waals surface area (Å²) >= 11 is 0.952. The second-order valence-electron chi connectivity index (χ2n) is 3.61. The molecule has 2 aromatic rings. The van der Waals surface area contributed by atoms with Crippen LogP contribution in [0.4, 0.5) is 5.69 Å². The van der Waals surface area contributed by atoms with Crippen molar-refractivity contribution in [2.45, 2.75) is 0 Å². The molecule has 0 saturated carbocycles. The Hall–Kier alpha value is -2.92. The van der Waals surface area contributed by atoms with Crippen LogP contribution in [-0.2, 0) is 0 Å². The molecular formula is C12H6N2O5S. The van der Waals surface area contributed by atoms with Gasteiger partial charge in [0.25, 0.3) is 0 Å². The number of rotatable bonds is 4. The number of ether oxygens (including phenoxy) is 1. The maximum Gasteiger partial charge on any atom is 0.346 e. The number of nitro benzene ring substituents is 1. The van der Waals surface area contributed by atoms with Crippen molar-refractivity contribution < 1.29 is 19.6 Å². The van der Waals surface area contributed by atoms with Gasteiger partial charge in [-0.25, -0.2) is 4.79 Å². The van der Waals surface area contributed by atoms with E-state index in [2.05, 4.69) is 0 Å². The van der Waals surface area contributed by atoms with Gasteiger partial charge in [-0.1, -0.05) is 0 Å². The lowest BCUT2D eigenvalue weighted by molar-refractivity contribution is -0.385. The third-order valence-electron chi connectivity index (χ3n) is 2.30. The molecule has 0 radical (unpaired) electrons. The molecule has 0 spiro atoms. The van der Waals surface area contributed by atoms with E-state index in [1.54, 1.807) is 6.07 Å². The standard InChI is InChI=1S/C12H6N2O5S/c13-5-7-1-2-10(9(3-7)14(17)18)19-8-4-11(12(15)16)20-6-8/h1-4,6H,(H,15,16). The predicted octanol–water partition coefficient (Wildman–Crippen LogP) is 3.02. The molecule has 1 heterocycles. The molecule has 0 aliphatic heterocycles. The highest BCUT2D eigenvalue weighted by atomic mass is 32.1. The van der Waals surface area contributed by atoms with Crippen LogP contribution in [0.25, 0.3) is 0 Å². The van der Waals surface area contributed by atoms with Crippen molar-refractivity contribution in [3.05, 3.63) is 50.2 Å². The topological polar surface area (TPSA) is 113 Å². The quantitative estimate of drug-likeness (QED) is 0.683. The number of nitro groups is 1. The van der Waals surface area contributed by atoms with Crippen LogP contribution >= 0.6 is 11.3 Å². The van der Waals surface area contributed by atoms with Crippen LogP contribution in [0, 0.1) is 21.4 Å². The zero-order chi connectivity index (χ0) is 14.7. The molecule has 1 aromatic heterocycles. The van der Waals surface area contributed by atoms with Gasteiger partial charge >= 0.3 is 11.7 Å². The van der Waals surface area contributed by atoms with Gasteiger partial charge in [0.15, 0.2) is 0 Å². The van der Waals surface area contributed by atoms with E-state index in [-0.39, 0.29) is 27.6 Å². The molecule has 0 bridgehead atoms. The first kappa shape index (κ1) is 13.5. The number of carboxylic acids is 1.